The maximum atomic E-state index is 11.8. The molecule has 1 amide bonds. The minimum absolute atomic E-state index is 0.117. The molecule has 0 aliphatic heterocycles. The molecule has 3 aromatic heterocycles. The highest BCUT2D eigenvalue weighted by Crippen LogP contribution is 2.02. The van der Waals surface area contributed by atoms with Crippen molar-refractivity contribution in [3.05, 3.63) is 41.9 Å². The SMILES string of the molecule is Cc1nc(C(=O)NCc2nnc3ccccn23)n[nH]1. The van der Waals surface area contributed by atoms with E-state index in [1.165, 1.54) is 0 Å². The number of H-pyrrole nitrogens is 1. The predicted octanol–water partition coefficient (Wildman–Crippen LogP) is 0.0858. The van der Waals surface area contributed by atoms with E-state index < -0.39 is 0 Å². The zero-order valence-electron chi connectivity index (χ0n) is 10.2. The largest absolute Gasteiger partial charge is 0.342 e. The Labute approximate surface area is 107 Å². The molecule has 0 aromatic carbocycles. The van der Waals surface area contributed by atoms with Gasteiger partial charge in [-0.3, -0.25) is 14.3 Å². The highest BCUT2D eigenvalue weighted by Gasteiger charge is 2.12. The molecule has 8 heteroatoms. The third-order valence-electron chi connectivity index (χ3n) is 2.59. The molecule has 0 radical (unpaired) electrons. The van der Waals surface area contributed by atoms with Crippen LogP contribution in [0.1, 0.15) is 22.3 Å². The number of amides is 1. The van der Waals surface area contributed by atoms with Crippen LogP contribution in [0.3, 0.4) is 0 Å². The van der Waals surface area contributed by atoms with Gasteiger partial charge in [-0.25, -0.2) is 4.98 Å². The van der Waals surface area contributed by atoms with Gasteiger partial charge in [0.1, 0.15) is 5.82 Å². The van der Waals surface area contributed by atoms with Crippen molar-refractivity contribution in [2.45, 2.75) is 13.5 Å². The van der Waals surface area contributed by atoms with Crippen LogP contribution in [-0.2, 0) is 6.54 Å². The fourth-order valence-corrected chi connectivity index (χ4v) is 1.69. The van der Waals surface area contributed by atoms with Gasteiger partial charge in [0.25, 0.3) is 5.91 Å². The van der Waals surface area contributed by atoms with E-state index in [1.807, 2.05) is 28.8 Å². The summed E-state index contributed by atoms with van der Waals surface area (Å²) in [7, 11) is 0. The summed E-state index contributed by atoms with van der Waals surface area (Å²) >= 11 is 0. The Hall–Kier alpha value is -2.77. The molecule has 8 nitrogen and oxygen atoms in total. The van der Waals surface area contributed by atoms with Crippen LogP contribution in [0.2, 0.25) is 0 Å². The Kier molecular flexibility index (Phi) is 2.67. The van der Waals surface area contributed by atoms with Gasteiger partial charge < -0.3 is 5.32 Å². The van der Waals surface area contributed by atoms with Crippen molar-refractivity contribution >= 4 is 11.6 Å². The van der Waals surface area contributed by atoms with Crippen molar-refractivity contribution < 1.29 is 4.79 Å². The quantitative estimate of drug-likeness (QED) is 0.692. The van der Waals surface area contributed by atoms with Gasteiger partial charge in [0.05, 0.1) is 6.54 Å². The molecule has 96 valence electrons. The standard InChI is InChI=1S/C11H11N7O/c1-7-13-10(17-14-7)11(19)12-6-9-16-15-8-4-2-3-5-18(8)9/h2-5H,6H2,1H3,(H,12,19)(H,13,14,17). The first-order chi connectivity index (χ1) is 9.24. The first-order valence-electron chi connectivity index (χ1n) is 5.70. The van der Waals surface area contributed by atoms with Crippen LogP contribution >= 0.6 is 0 Å². The number of carbonyl (C=O) groups is 1. The van der Waals surface area contributed by atoms with Crippen molar-refractivity contribution in [1.29, 1.82) is 0 Å². The number of nitrogens with zero attached hydrogens (tertiary/aromatic N) is 5. The van der Waals surface area contributed by atoms with Crippen LogP contribution in [0.25, 0.3) is 5.65 Å². The Morgan fingerprint density at radius 3 is 3.11 bits per heavy atom. The second-order valence-electron chi connectivity index (χ2n) is 3.97. The lowest BCUT2D eigenvalue weighted by molar-refractivity contribution is 0.0939. The fraction of sp³-hybridized carbons (Fsp3) is 0.182. The molecule has 0 saturated carbocycles. The highest BCUT2D eigenvalue weighted by molar-refractivity contribution is 5.90. The Morgan fingerprint density at radius 2 is 2.32 bits per heavy atom. The first kappa shape index (κ1) is 11.3. The average molecular weight is 257 g/mol. The van der Waals surface area contributed by atoms with Crippen molar-refractivity contribution in [3.63, 3.8) is 0 Å². The van der Waals surface area contributed by atoms with Crippen LogP contribution in [0.5, 0.6) is 0 Å². The molecule has 0 spiro atoms. The summed E-state index contributed by atoms with van der Waals surface area (Å²) < 4.78 is 1.81. The summed E-state index contributed by atoms with van der Waals surface area (Å²) in [4.78, 5) is 15.7. The molecule has 2 N–H and O–H groups in total. The number of aryl methyl sites for hydroxylation is 1. The summed E-state index contributed by atoms with van der Waals surface area (Å²) in [6.07, 6.45) is 1.84. The second kappa shape index (κ2) is 4.48. The van der Waals surface area contributed by atoms with Crippen molar-refractivity contribution in [2.75, 3.05) is 0 Å². The number of carbonyl (C=O) groups excluding carboxylic acids is 1. The Balaban J connectivity index is 1.74. The van der Waals surface area contributed by atoms with Crippen molar-refractivity contribution in [2.24, 2.45) is 0 Å². The first-order valence-corrected chi connectivity index (χ1v) is 5.70. The van der Waals surface area contributed by atoms with Crippen LogP contribution in [-0.4, -0.2) is 35.7 Å². The molecule has 3 aromatic rings. The number of aromatic nitrogens is 6. The van der Waals surface area contributed by atoms with Gasteiger partial charge in [-0.2, -0.15) is 0 Å². The van der Waals surface area contributed by atoms with E-state index in [0.29, 0.717) is 11.6 Å². The van der Waals surface area contributed by atoms with E-state index in [1.54, 1.807) is 6.92 Å². The van der Waals surface area contributed by atoms with Gasteiger partial charge in [-0.1, -0.05) is 6.07 Å². The normalized spacial score (nSPS) is 10.8. The molecule has 0 fully saturated rings. The van der Waals surface area contributed by atoms with E-state index in [9.17, 15) is 4.79 Å². The molecule has 3 rings (SSSR count). The third-order valence-corrected chi connectivity index (χ3v) is 2.59. The summed E-state index contributed by atoms with van der Waals surface area (Å²) in [5.41, 5.74) is 0.737. The Morgan fingerprint density at radius 1 is 1.42 bits per heavy atom. The van der Waals surface area contributed by atoms with Gasteiger partial charge >= 0.3 is 0 Å². The molecule has 0 aliphatic rings. The van der Waals surface area contributed by atoms with Crippen LogP contribution < -0.4 is 5.32 Å². The monoisotopic (exact) mass is 257 g/mol. The van der Waals surface area contributed by atoms with Crippen LogP contribution in [0.15, 0.2) is 24.4 Å². The summed E-state index contributed by atoms with van der Waals surface area (Å²) in [5, 5.41) is 17.1. The molecular weight excluding hydrogens is 246 g/mol. The molecule has 0 aliphatic carbocycles. The minimum atomic E-state index is -0.350. The Bertz CT molecular complexity index is 729. The number of nitrogens with one attached hydrogen (secondary N) is 2. The number of pyridine rings is 1. The topological polar surface area (TPSA) is 101 Å². The number of aromatic amines is 1. The van der Waals surface area contributed by atoms with Gasteiger partial charge in [-0.05, 0) is 19.1 Å². The molecule has 0 atom stereocenters. The lowest BCUT2D eigenvalue weighted by Gasteiger charge is -2.00. The van der Waals surface area contributed by atoms with Gasteiger partial charge in [-0.15, -0.1) is 15.3 Å². The summed E-state index contributed by atoms with van der Waals surface area (Å²) in [5.74, 6) is 1.01. The van der Waals surface area contributed by atoms with Crippen molar-refractivity contribution in [1.82, 2.24) is 35.1 Å². The van der Waals surface area contributed by atoms with E-state index in [4.69, 9.17) is 0 Å². The fourth-order valence-electron chi connectivity index (χ4n) is 1.69. The van der Waals surface area contributed by atoms with Gasteiger partial charge in [0, 0.05) is 6.20 Å². The maximum Gasteiger partial charge on any atom is 0.291 e. The summed E-state index contributed by atoms with van der Waals surface area (Å²) in [6, 6.07) is 5.60. The van der Waals surface area contributed by atoms with Crippen LogP contribution in [0, 0.1) is 6.92 Å². The van der Waals surface area contributed by atoms with Crippen molar-refractivity contribution in [3.8, 4) is 0 Å². The average Bonchev–Trinajstić information content (AvgIpc) is 3.02. The molecule has 19 heavy (non-hydrogen) atoms. The van der Waals surface area contributed by atoms with E-state index in [-0.39, 0.29) is 18.3 Å². The number of rotatable bonds is 3. The third kappa shape index (κ3) is 2.15. The van der Waals surface area contributed by atoms with E-state index in [0.717, 1.165) is 5.65 Å². The maximum absolute atomic E-state index is 11.8. The zero-order valence-corrected chi connectivity index (χ0v) is 10.2. The zero-order chi connectivity index (χ0) is 13.2. The molecule has 0 bridgehead atoms. The minimum Gasteiger partial charge on any atom is -0.342 e. The lowest BCUT2D eigenvalue weighted by atomic mass is 10.4. The predicted molar refractivity (Wildman–Crippen MR) is 65.3 cm³/mol. The number of fused-ring (bicyclic) bond motifs is 1. The summed E-state index contributed by atoms with van der Waals surface area (Å²) in [6.45, 7) is 1.99. The van der Waals surface area contributed by atoms with E-state index in [2.05, 4.69) is 30.7 Å². The lowest BCUT2D eigenvalue weighted by Crippen LogP contribution is -2.25. The highest BCUT2D eigenvalue weighted by atomic mass is 16.2. The smallest absolute Gasteiger partial charge is 0.291 e. The van der Waals surface area contributed by atoms with Gasteiger partial charge in [0.15, 0.2) is 11.5 Å². The molecular formula is C11H11N7O. The number of hydrogen-bond acceptors (Lipinski definition) is 5. The molecule has 0 saturated heterocycles. The van der Waals surface area contributed by atoms with E-state index >= 15 is 0 Å². The second-order valence-corrected chi connectivity index (χ2v) is 3.97. The molecule has 0 unspecified atom stereocenters. The molecule has 3 heterocycles. The number of hydrogen-bond donors (Lipinski definition) is 2. The van der Waals surface area contributed by atoms with Crippen LogP contribution in [0.4, 0.5) is 0 Å². The van der Waals surface area contributed by atoms with Gasteiger partial charge in [0.2, 0.25) is 5.82 Å².